The summed E-state index contributed by atoms with van der Waals surface area (Å²) >= 11 is 0. The molecule has 2 aromatic rings. The van der Waals surface area contributed by atoms with Gasteiger partial charge < -0.3 is 9.47 Å². The number of ether oxygens (including phenoxy) is 2. The smallest absolute Gasteiger partial charge is 0.339 e. The van der Waals surface area contributed by atoms with E-state index in [1.807, 2.05) is 12.1 Å². The van der Waals surface area contributed by atoms with Crippen LogP contribution in [0.5, 0.6) is 0 Å². The lowest BCUT2D eigenvalue weighted by Crippen LogP contribution is -2.17. The summed E-state index contributed by atoms with van der Waals surface area (Å²) in [7, 11) is 1.24. The van der Waals surface area contributed by atoms with Gasteiger partial charge in [-0.3, -0.25) is 4.79 Å². The summed E-state index contributed by atoms with van der Waals surface area (Å²) in [6.07, 6.45) is 3.12. The predicted octanol–water partition coefficient (Wildman–Crippen LogP) is 3.00. The van der Waals surface area contributed by atoms with Gasteiger partial charge in [0.05, 0.1) is 18.2 Å². The summed E-state index contributed by atoms with van der Waals surface area (Å²) in [5.41, 5.74) is 3.19. The van der Waals surface area contributed by atoms with Crippen molar-refractivity contribution < 1.29 is 23.9 Å². The van der Waals surface area contributed by atoms with Crippen molar-refractivity contribution in [1.82, 2.24) is 0 Å². The van der Waals surface area contributed by atoms with Crippen molar-refractivity contribution in [2.45, 2.75) is 19.3 Å². The van der Waals surface area contributed by atoms with Gasteiger partial charge in [-0.05, 0) is 48.6 Å². The Bertz CT molecular complexity index is 838. The Hall–Kier alpha value is -2.95. The van der Waals surface area contributed by atoms with Gasteiger partial charge in [0.15, 0.2) is 12.4 Å². The van der Waals surface area contributed by atoms with E-state index in [2.05, 4.69) is 4.74 Å². The van der Waals surface area contributed by atoms with E-state index >= 15 is 0 Å². The molecule has 0 radical (unpaired) electrons. The van der Waals surface area contributed by atoms with Gasteiger partial charge in [-0.1, -0.05) is 24.3 Å². The van der Waals surface area contributed by atoms with Gasteiger partial charge in [0.2, 0.25) is 0 Å². The fourth-order valence-electron chi connectivity index (χ4n) is 2.99. The molecule has 3 rings (SSSR count). The molecule has 25 heavy (non-hydrogen) atoms. The molecule has 2 aromatic carbocycles. The van der Waals surface area contributed by atoms with Crippen molar-refractivity contribution in [3.8, 4) is 0 Å². The number of hydrogen-bond acceptors (Lipinski definition) is 5. The molecule has 0 fully saturated rings. The first-order valence-electron chi connectivity index (χ1n) is 8.09. The van der Waals surface area contributed by atoms with Gasteiger partial charge in [0, 0.05) is 5.56 Å². The Labute approximate surface area is 145 Å². The molecule has 0 saturated carbocycles. The minimum Gasteiger partial charge on any atom is -0.465 e. The van der Waals surface area contributed by atoms with E-state index in [0.29, 0.717) is 5.56 Å². The molecule has 0 atom stereocenters. The number of aryl methyl sites for hydroxylation is 2. The Morgan fingerprint density at radius 1 is 0.920 bits per heavy atom. The largest absolute Gasteiger partial charge is 0.465 e. The van der Waals surface area contributed by atoms with E-state index in [1.54, 1.807) is 18.2 Å². The van der Waals surface area contributed by atoms with Gasteiger partial charge in [-0.15, -0.1) is 0 Å². The average molecular weight is 338 g/mol. The second kappa shape index (κ2) is 7.30. The zero-order valence-corrected chi connectivity index (χ0v) is 13.9. The SMILES string of the molecule is COC(=O)c1ccccc1C(=O)OCC(=O)c1ccc2c(c1)CCC2. The molecule has 5 heteroatoms. The molecule has 0 bridgehead atoms. The van der Waals surface area contributed by atoms with Gasteiger partial charge in [-0.25, -0.2) is 9.59 Å². The van der Waals surface area contributed by atoms with E-state index in [-0.39, 0.29) is 23.5 Å². The minimum atomic E-state index is -0.726. The maximum atomic E-state index is 12.3. The predicted molar refractivity (Wildman–Crippen MR) is 90.9 cm³/mol. The Morgan fingerprint density at radius 3 is 2.32 bits per heavy atom. The number of methoxy groups -OCH3 is 1. The number of fused-ring (bicyclic) bond motifs is 1. The third-order valence-electron chi connectivity index (χ3n) is 4.31. The number of carbonyl (C=O) groups is 3. The van der Waals surface area contributed by atoms with Crippen LogP contribution in [-0.4, -0.2) is 31.4 Å². The van der Waals surface area contributed by atoms with Crippen molar-refractivity contribution in [3.63, 3.8) is 0 Å². The highest BCUT2D eigenvalue weighted by atomic mass is 16.5. The first-order chi connectivity index (χ1) is 12.1. The number of ketones is 1. The highest BCUT2D eigenvalue weighted by molar-refractivity contribution is 6.04. The number of esters is 2. The quantitative estimate of drug-likeness (QED) is 0.619. The monoisotopic (exact) mass is 338 g/mol. The summed E-state index contributed by atoms with van der Waals surface area (Å²) in [4.78, 5) is 36.2. The molecule has 1 aliphatic rings. The van der Waals surface area contributed by atoms with Crippen LogP contribution in [0.3, 0.4) is 0 Å². The second-order valence-electron chi connectivity index (χ2n) is 5.87. The molecule has 1 aliphatic carbocycles. The summed E-state index contributed by atoms with van der Waals surface area (Å²) in [5, 5.41) is 0. The van der Waals surface area contributed by atoms with Crippen LogP contribution >= 0.6 is 0 Å². The van der Waals surface area contributed by atoms with Crippen LogP contribution in [0.4, 0.5) is 0 Å². The number of rotatable bonds is 5. The van der Waals surface area contributed by atoms with E-state index in [4.69, 9.17) is 4.74 Å². The third kappa shape index (κ3) is 3.60. The molecule has 0 aliphatic heterocycles. The zero-order valence-electron chi connectivity index (χ0n) is 13.9. The standard InChI is InChI=1S/C20H18O5/c1-24-19(22)16-7-2-3-8-17(16)20(23)25-12-18(21)15-10-9-13-5-4-6-14(13)11-15/h2-3,7-11H,4-6,12H2,1H3. The summed E-state index contributed by atoms with van der Waals surface area (Å²) in [6.45, 7) is -0.368. The first-order valence-corrected chi connectivity index (χ1v) is 8.09. The van der Waals surface area contributed by atoms with Gasteiger partial charge >= 0.3 is 11.9 Å². The van der Waals surface area contributed by atoms with Crippen molar-refractivity contribution in [2.75, 3.05) is 13.7 Å². The maximum Gasteiger partial charge on any atom is 0.339 e. The summed E-state index contributed by atoms with van der Waals surface area (Å²) in [5.74, 6) is -1.62. The minimum absolute atomic E-state index is 0.0797. The molecule has 5 nitrogen and oxygen atoms in total. The van der Waals surface area contributed by atoms with E-state index in [9.17, 15) is 14.4 Å². The van der Waals surface area contributed by atoms with Gasteiger partial charge in [-0.2, -0.15) is 0 Å². The molecule has 0 N–H and O–H groups in total. The Kier molecular flexibility index (Phi) is 4.93. The zero-order chi connectivity index (χ0) is 17.8. The molecular weight excluding hydrogens is 320 g/mol. The molecule has 0 saturated heterocycles. The van der Waals surface area contributed by atoms with Crippen LogP contribution < -0.4 is 0 Å². The molecule has 128 valence electrons. The highest BCUT2D eigenvalue weighted by Gasteiger charge is 2.20. The Morgan fingerprint density at radius 2 is 1.60 bits per heavy atom. The first kappa shape index (κ1) is 16.9. The number of carbonyl (C=O) groups excluding carboxylic acids is 3. The van der Waals surface area contributed by atoms with E-state index in [1.165, 1.54) is 30.4 Å². The van der Waals surface area contributed by atoms with Crippen LogP contribution in [0.15, 0.2) is 42.5 Å². The summed E-state index contributed by atoms with van der Waals surface area (Å²) in [6, 6.07) is 11.8. The van der Waals surface area contributed by atoms with Crippen LogP contribution in [0.1, 0.15) is 48.6 Å². The molecule has 0 unspecified atom stereocenters. The van der Waals surface area contributed by atoms with Gasteiger partial charge in [0.1, 0.15) is 0 Å². The van der Waals surface area contributed by atoms with Crippen LogP contribution in [0, 0.1) is 0 Å². The molecule has 0 heterocycles. The molecular formula is C20H18O5. The molecule has 0 amide bonds. The van der Waals surface area contributed by atoms with Crippen LogP contribution in [0.2, 0.25) is 0 Å². The Balaban J connectivity index is 1.68. The average Bonchev–Trinajstić information content (AvgIpc) is 3.12. The lowest BCUT2D eigenvalue weighted by atomic mass is 10.0. The maximum absolute atomic E-state index is 12.3. The number of Topliss-reactive ketones (excluding diaryl/α,β-unsaturated/α-hetero) is 1. The van der Waals surface area contributed by atoms with E-state index < -0.39 is 11.9 Å². The number of hydrogen-bond donors (Lipinski definition) is 0. The number of benzene rings is 2. The topological polar surface area (TPSA) is 69.7 Å². The van der Waals surface area contributed by atoms with E-state index in [0.717, 1.165) is 19.3 Å². The van der Waals surface area contributed by atoms with Crippen LogP contribution in [-0.2, 0) is 22.3 Å². The third-order valence-corrected chi connectivity index (χ3v) is 4.31. The van der Waals surface area contributed by atoms with Crippen molar-refractivity contribution >= 4 is 17.7 Å². The molecule has 0 spiro atoms. The van der Waals surface area contributed by atoms with Gasteiger partial charge in [0.25, 0.3) is 0 Å². The fourth-order valence-corrected chi connectivity index (χ4v) is 2.99. The van der Waals surface area contributed by atoms with Crippen molar-refractivity contribution in [2.24, 2.45) is 0 Å². The normalized spacial score (nSPS) is 12.4. The second-order valence-corrected chi connectivity index (χ2v) is 5.87. The van der Waals surface area contributed by atoms with Crippen molar-refractivity contribution in [1.29, 1.82) is 0 Å². The summed E-state index contributed by atoms with van der Waals surface area (Å²) < 4.78 is 9.75. The lowest BCUT2D eigenvalue weighted by Gasteiger charge is -2.08. The van der Waals surface area contributed by atoms with Crippen LogP contribution in [0.25, 0.3) is 0 Å². The molecule has 0 aromatic heterocycles. The van der Waals surface area contributed by atoms with Crippen molar-refractivity contribution in [3.05, 3.63) is 70.3 Å². The lowest BCUT2D eigenvalue weighted by molar-refractivity contribution is 0.0463. The fraction of sp³-hybridized carbons (Fsp3) is 0.250. The highest BCUT2D eigenvalue weighted by Crippen LogP contribution is 2.23.